The van der Waals surface area contributed by atoms with Crippen LogP contribution in [0.4, 0.5) is 5.69 Å². The van der Waals surface area contributed by atoms with Crippen molar-refractivity contribution in [2.45, 2.75) is 64.6 Å². The predicted octanol–water partition coefficient (Wildman–Crippen LogP) is 1.25. The van der Waals surface area contributed by atoms with Crippen molar-refractivity contribution < 1.29 is 14.4 Å². The number of aromatic amines is 1. The zero-order valence-electron chi connectivity index (χ0n) is 17.9. The van der Waals surface area contributed by atoms with Crippen molar-refractivity contribution in [2.75, 3.05) is 4.90 Å². The second-order valence-electron chi connectivity index (χ2n) is 8.38. The van der Waals surface area contributed by atoms with Gasteiger partial charge in [-0.05, 0) is 29.9 Å². The minimum atomic E-state index is -0.654. The second-order valence-corrected chi connectivity index (χ2v) is 8.38. The molecule has 0 fully saturated rings. The van der Waals surface area contributed by atoms with Crippen LogP contribution in [0.1, 0.15) is 50.1 Å². The van der Waals surface area contributed by atoms with E-state index in [4.69, 9.17) is 0 Å². The van der Waals surface area contributed by atoms with E-state index in [1.807, 2.05) is 32.0 Å². The zero-order valence-corrected chi connectivity index (χ0v) is 17.9. The van der Waals surface area contributed by atoms with E-state index in [2.05, 4.69) is 25.8 Å². The molecule has 0 aliphatic carbocycles. The molecule has 3 amide bonds. The van der Waals surface area contributed by atoms with Gasteiger partial charge in [-0.3, -0.25) is 24.4 Å². The Bertz CT molecular complexity index is 974. The number of rotatable bonds is 7. The predicted molar refractivity (Wildman–Crippen MR) is 114 cm³/mol. The number of anilines is 1. The van der Waals surface area contributed by atoms with E-state index in [1.165, 1.54) is 6.33 Å². The molecule has 9 heteroatoms. The van der Waals surface area contributed by atoms with Crippen LogP contribution in [0.25, 0.3) is 0 Å². The number of aromatic nitrogens is 3. The first kappa shape index (κ1) is 21.0. The van der Waals surface area contributed by atoms with Gasteiger partial charge in [0.25, 0.3) is 0 Å². The number of amides is 3. The summed E-state index contributed by atoms with van der Waals surface area (Å²) < 4.78 is 0. The molecule has 0 radical (unpaired) electrons. The summed E-state index contributed by atoms with van der Waals surface area (Å²) in [7, 11) is 0. The number of carbonyl (C=O) groups is 3. The molecule has 2 aliphatic rings. The van der Waals surface area contributed by atoms with Crippen molar-refractivity contribution >= 4 is 23.4 Å². The van der Waals surface area contributed by atoms with Crippen molar-refractivity contribution in [3.8, 4) is 0 Å². The fourth-order valence-electron chi connectivity index (χ4n) is 4.29. The molecule has 3 unspecified atom stereocenters. The SMILES string of the molecule is CCC(C)CC(=O)NC1CCc2cccc3c2N(C1=O)C(C(=O)NCc1ncn[nH]1)C3. The summed E-state index contributed by atoms with van der Waals surface area (Å²) in [5, 5.41) is 12.3. The Balaban J connectivity index is 1.55. The van der Waals surface area contributed by atoms with Gasteiger partial charge in [0.2, 0.25) is 17.7 Å². The highest BCUT2D eigenvalue weighted by atomic mass is 16.2. The van der Waals surface area contributed by atoms with Crippen molar-refractivity contribution in [2.24, 2.45) is 5.92 Å². The highest BCUT2D eigenvalue weighted by molar-refractivity contribution is 6.07. The van der Waals surface area contributed by atoms with E-state index < -0.39 is 12.1 Å². The Hall–Kier alpha value is -3.23. The van der Waals surface area contributed by atoms with Gasteiger partial charge >= 0.3 is 0 Å². The van der Waals surface area contributed by atoms with E-state index in [0.29, 0.717) is 31.5 Å². The van der Waals surface area contributed by atoms with Crippen LogP contribution in [-0.2, 0) is 33.8 Å². The topological polar surface area (TPSA) is 120 Å². The molecule has 1 aromatic carbocycles. The lowest BCUT2D eigenvalue weighted by Gasteiger charge is -2.28. The van der Waals surface area contributed by atoms with Crippen molar-refractivity contribution in [1.29, 1.82) is 0 Å². The molecule has 3 N–H and O–H groups in total. The average Bonchev–Trinajstić information content (AvgIpc) is 3.39. The van der Waals surface area contributed by atoms with Crippen LogP contribution < -0.4 is 15.5 Å². The zero-order chi connectivity index (χ0) is 22.0. The molecule has 0 spiro atoms. The molecule has 2 aromatic rings. The fourth-order valence-corrected chi connectivity index (χ4v) is 4.29. The molecule has 0 saturated carbocycles. The lowest BCUT2D eigenvalue weighted by Crippen LogP contribution is -2.54. The summed E-state index contributed by atoms with van der Waals surface area (Å²) in [6, 6.07) is 4.63. The fraction of sp³-hybridized carbons (Fsp3) is 0.500. The molecule has 4 rings (SSSR count). The Kier molecular flexibility index (Phi) is 6.01. The van der Waals surface area contributed by atoms with Crippen LogP contribution in [0.5, 0.6) is 0 Å². The molecule has 3 atom stereocenters. The van der Waals surface area contributed by atoms with Crippen LogP contribution >= 0.6 is 0 Å². The number of para-hydroxylation sites is 1. The molecule has 2 aliphatic heterocycles. The van der Waals surface area contributed by atoms with Gasteiger partial charge in [0.05, 0.1) is 12.2 Å². The summed E-state index contributed by atoms with van der Waals surface area (Å²) in [5.74, 6) is 0.205. The number of hydrogen-bond donors (Lipinski definition) is 3. The summed E-state index contributed by atoms with van der Waals surface area (Å²) in [6.07, 6.45) is 4.31. The molecule has 0 bridgehead atoms. The minimum Gasteiger partial charge on any atom is -0.347 e. The lowest BCUT2D eigenvalue weighted by atomic mass is 10.0. The summed E-state index contributed by atoms with van der Waals surface area (Å²) in [6.45, 7) is 4.26. The second kappa shape index (κ2) is 8.87. The Morgan fingerprint density at radius 2 is 2.13 bits per heavy atom. The monoisotopic (exact) mass is 424 g/mol. The standard InChI is InChI=1S/C22H28N6O3/c1-3-13(2)9-19(29)26-16-8-7-14-5-4-6-15-10-17(28(20(14)15)22(16)31)21(30)23-11-18-24-12-25-27-18/h4-6,12-13,16-17H,3,7-11H2,1-2H3,(H,23,30)(H,26,29)(H,24,25,27). The van der Waals surface area contributed by atoms with Gasteiger partial charge in [0.15, 0.2) is 0 Å². The maximum atomic E-state index is 13.5. The average molecular weight is 425 g/mol. The van der Waals surface area contributed by atoms with E-state index in [0.717, 1.165) is 23.2 Å². The molecule has 164 valence electrons. The third-order valence-corrected chi connectivity index (χ3v) is 6.17. The van der Waals surface area contributed by atoms with Gasteiger partial charge in [-0.25, -0.2) is 4.98 Å². The van der Waals surface area contributed by atoms with Crippen LogP contribution in [0.15, 0.2) is 24.5 Å². The third-order valence-electron chi connectivity index (χ3n) is 6.17. The number of hydrogen-bond acceptors (Lipinski definition) is 5. The number of aryl methyl sites for hydroxylation is 1. The normalized spacial score (nSPS) is 20.7. The Morgan fingerprint density at radius 1 is 1.32 bits per heavy atom. The summed E-state index contributed by atoms with van der Waals surface area (Å²) in [5.41, 5.74) is 2.85. The number of H-pyrrole nitrogens is 1. The van der Waals surface area contributed by atoms with Crippen molar-refractivity contribution in [3.63, 3.8) is 0 Å². The Morgan fingerprint density at radius 3 is 2.87 bits per heavy atom. The van der Waals surface area contributed by atoms with Gasteiger partial charge in [-0.2, -0.15) is 5.10 Å². The van der Waals surface area contributed by atoms with Crippen molar-refractivity contribution in [1.82, 2.24) is 25.8 Å². The number of nitrogens with one attached hydrogen (secondary N) is 3. The molecular weight excluding hydrogens is 396 g/mol. The van der Waals surface area contributed by atoms with Crippen LogP contribution in [0.3, 0.4) is 0 Å². The van der Waals surface area contributed by atoms with Gasteiger partial charge < -0.3 is 10.6 Å². The van der Waals surface area contributed by atoms with E-state index in [1.54, 1.807) is 4.90 Å². The molecule has 1 aromatic heterocycles. The van der Waals surface area contributed by atoms with Crippen LogP contribution in [0.2, 0.25) is 0 Å². The quantitative estimate of drug-likeness (QED) is 0.618. The molecule has 31 heavy (non-hydrogen) atoms. The number of carbonyl (C=O) groups excluding carboxylic acids is 3. The van der Waals surface area contributed by atoms with Gasteiger partial charge in [0.1, 0.15) is 24.2 Å². The molecule has 0 saturated heterocycles. The van der Waals surface area contributed by atoms with Crippen LogP contribution in [-0.4, -0.2) is 45.0 Å². The summed E-state index contributed by atoms with van der Waals surface area (Å²) in [4.78, 5) is 44.6. The Labute approximate surface area is 181 Å². The van der Waals surface area contributed by atoms with Gasteiger partial charge in [-0.15, -0.1) is 0 Å². The van der Waals surface area contributed by atoms with Gasteiger partial charge in [-0.1, -0.05) is 38.5 Å². The summed E-state index contributed by atoms with van der Waals surface area (Å²) >= 11 is 0. The maximum absolute atomic E-state index is 13.5. The molecule has 9 nitrogen and oxygen atoms in total. The molecular formula is C22H28N6O3. The first-order valence-corrected chi connectivity index (χ1v) is 10.8. The maximum Gasteiger partial charge on any atom is 0.250 e. The third kappa shape index (κ3) is 4.30. The molecule has 3 heterocycles. The highest BCUT2D eigenvalue weighted by Crippen LogP contribution is 2.39. The van der Waals surface area contributed by atoms with Crippen LogP contribution in [0, 0.1) is 5.92 Å². The lowest BCUT2D eigenvalue weighted by molar-refractivity contribution is -0.129. The smallest absolute Gasteiger partial charge is 0.250 e. The first-order valence-electron chi connectivity index (χ1n) is 10.8. The number of nitrogens with zero attached hydrogens (tertiary/aromatic N) is 3. The highest BCUT2D eigenvalue weighted by Gasteiger charge is 2.43. The first-order chi connectivity index (χ1) is 15.0. The number of benzene rings is 1. The van der Waals surface area contributed by atoms with E-state index in [-0.39, 0.29) is 30.2 Å². The van der Waals surface area contributed by atoms with E-state index in [9.17, 15) is 14.4 Å². The minimum absolute atomic E-state index is 0.121. The van der Waals surface area contributed by atoms with Crippen molar-refractivity contribution in [3.05, 3.63) is 41.5 Å². The largest absolute Gasteiger partial charge is 0.347 e. The van der Waals surface area contributed by atoms with E-state index >= 15 is 0 Å². The van der Waals surface area contributed by atoms with Gasteiger partial charge in [0, 0.05) is 12.8 Å².